The van der Waals surface area contributed by atoms with Crippen LogP contribution in [-0.2, 0) is 0 Å². The fourth-order valence-electron chi connectivity index (χ4n) is 3.63. The molecule has 1 atom stereocenters. The number of anilines is 1. The summed E-state index contributed by atoms with van der Waals surface area (Å²) in [6, 6.07) is 11.7. The minimum Gasteiger partial charge on any atom is -0.450 e. The SMILES string of the molecule is Cc1ccc2oc3c(c(=O)c2c1)[C@H](c1ccc(Cl)cc1)N(c1nnc(C)s1)C3=O. The first kappa shape index (κ1) is 18.0. The quantitative estimate of drug-likeness (QED) is 0.468. The number of hydrogen-bond donors (Lipinski definition) is 0. The lowest BCUT2D eigenvalue weighted by Crippen LogP contribution is -2.29. The number of carbonyl (C=O) groups excluding carboxylic acids is 1. The molecule has 6 nitrogen and oxygen atoms in total. The molecule has 5 rings (SSSR count). The van der Waals surface area contributed by atoms with Gasteiger partial charge in [-0.05, 0) is 43.7 Å². The predicted octanol–water partition coefficient (Wildman–Crippen LogP) is 4.66. The van der Waals surface area contributed by atoms with E-state index in [1.54, 1.807) is 36.4 Å². The van der Waals surface area contributed by atoms with Crippen LogP contribution in [-0.4, -0.2) is 16.1 Å². The molecule has 4 aromatic rings. The molecule has 0 spiro atoms. The Kier molecular flexibility index (Phi) is 4.04. The van der Waals surface area contributed by atoms with Crippen LogP contribution in [0.15, 0.2) is 51.7 Å². The van der Waals surface area contributed by atoms with Crippen LogP contribution in [0.4, 0.5) is 5.13 Å². The normalized spacial score (nSPS) is 15.9. The van der Waals surface area contributed by atoms with Gasteiger partial charge in [0.2, 0.25) is 10.9 Å². The molecule has 0 aliphatic carbocycles. The number of halogens is 1. The van der Waals surface area contributed by atoms with E-state index >= 15 is 0 Å². The monoisotopic (exact) mass is 423 g/mol. The van der Waals surface area contributed by atoms with E-state index < -0.39 is 11.9 Å². The molecular weight excluding hydrogens is 410 g/mol. The number of hydrogen-bond acceptors (Lipinski definition) is 6. The zero-order valence-electron chi connectivity index (χ0n) is 15.5. The summed E-state index contributed by atoms with van der Waals surface area (Å²) >= 11 is 7.34. The first-order valence-corrected chi connectivity index (χ1v) is 10.1. The van der Waals surface area contributed by atoms with Gasteiger partial charge in [0.1, 0.15) is 10.6 Å². The smallest absolute Gasteiger partial charge is 0.297 e. The molecule has 1 aliphatic rings. The predicted molar refractivity (Wildman–Crippen MR) is 112 cm³/mol. The third-order valence-corrected chi connectivity index (χ3v) is 6.02. The van der Waals surface area contributed by atoms with E-state index in [4.69, 9.17) is 16.0 Å². The van der Waals surface area contributed by atoms with E-state index in [0.717, 1.165) is 16.1 Å². The highest BCUT2D eigenvalue weighted by Gasteiger charge is 2.45. The molecule has 2 aromatic carbocycles. The van der Waals surface area contributed by atoms with Gasteiger partial charge in [0.15, 0.2) is 5.43 Å². The largest absolute Gasteiger partial charge is 0.450 e. The first-order valence-electron chi connectivity index (χ1n) is 8.90. The van der Waals surface area contributed by atoms with Crippen molar-refractivity contribution in [1.82, 2.24) is 10.2 Å². The molecule has 8 heteroatoms. The summed E-state index contributed by atoms with van der Waals surface area (Å²) < 4.78 is 5.93. The van der Waals surface area contributed by atoms with Crippen molar-refractivity contribution < 1.29 is 9.21 Å². The van der Waals surface area contributed by atoms with Gasteiger partial charge in [-0.25, -0.2) is 0 Å². The summed E-state index contributed by atoms with van der Waals surface area (Å²) in [7, 11) is 0. The number of benzene rings is 2. The van der Waals surface area contributed by atoms with Crippen molar-refractivity contribution in [2.75, 3.05) is 4.90 Å². The molecule has 0 unspecified atom stereocenters. The van der Waals surface area contributed by atoms with Gasteiger partial charge in [0.25, 0.3) is 5.91 Å². The van der Waals surface area contributed by atoms with Crippen LogP contribution in [0.5, 0.6) is 0 Å². The second-order valence-electron chi connectivity index (χ2n) is 6.91. The highest BCUT2D eigenvalue weighted by Crippen LogP contribution is 2.42. The highest BCUT2D eigenvalue weighted by atomic mass is 35.5. The van der Waals surface area contributed by atoms with Crippen LogP contribution < -0.4 is 10.3 Å². The van der Waals surface area contributed by atoms with E-state index in [2.05, 4.69) is 10.2 Å². The van der Waals surface area contributed by atoms with Crippen molar-refractivity contribution in [3.63, 3.8) is 0 Å². The van der Waals surface area contributed by atoms with Crippen molar-refractivity contribution >= 4 is 44.9 Å². The molecular formula is C21H14ClN3O3S. The maximum atomic E-state index is 13.5. The Morgan fingerprint density at radius 1 is 1.07 bits per heavy atom. The summed E-state index contributed by atoms with van der Waals surface area (Å²) in [4.78, 5) is 28.3. The number of amides is 1. The van der Waals surface area contributed by atoms with Crippen LogP contribution in [0, 0.1) is 13.8 Å². The number of nitrogens with zero attached hydrogens (tertiary/aromatic N) is 3. The molecule has 0 radical (unpaired) electrons. The van der Waals surface area contributed by atoms with Crippen LogP contribution in [0.25, 0.3) is 11.0 Å². The standard InChI is InChI=1S/C21H14ClN3O3S/c1-10-3-8-15-14(9-10)18(26)16-17(12-4-6-13(22)7-5-12)25(20(27)19(16)28-15)21-24-23-11(2)29-21/h3-9,17H,1-2H3/t17-/m0/s1. The molecule has 29 heavy (non-hydrogen) atoms. The van der Waals surface area contributed by atoms with Crippen molar-refractivity contribution in [2.24, 2.45) is 0 Å². The first-order chi connectivity index (χ1) is 13.9. The van der Waals surface area contributed by atoms with Crippen molar-refractivity contribution in [2.45, 2.75) is 19.9 Å². The number of aromatic nitrogens is 2. The van der Waals surface area contributed by atoms with Gasteiger partial charge in [-0.1, -0.05) is 46.7 Å². The highest BCUT2D eigenvalue weighted by molar-refractivity contribution is 7.15. The molecule has 0 N–H and O–H groups in total. The number of aryl methyl sites for hydroxylation is 2. The van der Waals surface area contributed by atoms with Gasteiger partial charge < -0.3 is 4.42 Å². The third-order valence-electron chi connectivity index (χ3n) is 4.93. The second-order valence-corrected chi connectivity index (χ2v) is 8.50. The molecule has 2 aromatic heterocycles. The second kappa shape index (κ2) is 6.50. The van der Waals surface area contributed by atoms with Gasteiger partial charge in [-0.2, -0.15) is 0 Å². The Balaban J connectivity index is 1.83. The molecule has 0 saturated carbocycles. The van der Waals surface area contributed by atoms with Crippen molar-refractivity contribution in [1.29, 1.82) is 0 Å². The Morgan fingerprint density at radius 3 is 2.52 bits per heavy atom. The topological polar surface area (TPSA) is 76.3 Å². The Labute approximate surface area is 174 Å². The van der Waals surface area contributed by atoms with Gasteiger partial charge in [0, 0.05) is 5.02 Å². The average Bonchev–Trinajstić information content (AvgIpc) is 3.25. The summed E-state index contributed by atoms with van der Waals surface area (Å²) in [6.07, 6.45) is 0. The fraction of sp³-hybridized carbons (Fsp3) is 0.143. The fourth-order valence-corrected chi connectivity index (χ4v) is 4.47. The van der Waals surface area contributed by atoms with Gasteiger partial charge >= 0.3 is 0 Å². The van der Waals surface area contributed by atoms with E-state index in [-0.39, 0.29) is 11.2 Å². The number of rotatable bonds is 2. The maximum absolute atomic E-state index is 13.5. The summed E-state index contributed by atoms with van der Waals surface area (Å²) in [5.41, 5.74) is 2.16. The van der Waals surface area contributed by atoms with Gasteiger partial charge in [-0.15, -0.1) is 10.2 Å². The van der Waals surface area contributed by atoms with Crippen LogP contribution >= 0.6 is 22.9 Å². The molecule has 1 amide bonds. The molecule has 0 fully saturated rings. The Bertz CT molecular complexity index is 1340. The van der Waals surface area contributed by atoms with E-state index in [9.17, 15) is 9.59 Å². The molecule has 0 bridgehead atoms. The Morgan fingerprint density at radius 2 is 1.83 bits per heavy atom. The number of carbonyl (C=O) groups is 1. The van der Waals surface area contributed by atoms with Crippen LogP contribution in [0.1, 0.15) is 38.3 Å². The summed E-state index contributed by atoms with van der Waals surface area (Å²) in [5.74, 6) is -0.366. The average molecular weight is 424 g/mol. The molecule has 1 aliphatic heterocycles. The van der Waals surface area contributed by atoms with Gasteiger partial charge in [-0.3, -0.25) is 14.5 Å². The lowest BCUT2D eigenvalue weighted by atomic mass is 9.98. The zero-order chi connectivity index (χ0) is 20.3. The van der Waals surface area contributed by atoms with Crippen LogP contribution in [0.3, 0.4) is 0 Å². The lowest BCUT2D eigenvalue weighted by Gasteiger charge is -2.22. The van der Waals surface area contributed by atoms with Crippen molar-refractivity contribution in [3.8, 4) is 0 Å². The van der Waals surface area contributed by atoms with Gasteiger partial charge in [0.05, 0.1) is 17.0 Å². The number of fused-ring (bicyclic) bond motifs is 2. The van der Waals surface area contributed by atoms with E-state index in [1.807, 2.05) is 19.9 Å². The minimum absolute atomic E-state index is 0.0409. The van der Waals surface area contributed by atoms with E-state index in [0.29, 0.717) is 26.7 Å². The van der Waals surface area contributed by atoms with E-state index in [1.165, 1.54) is 16.2 Å². The van der Waals surface area contributed by atoms with Crippen molar-refractivity contribution in [3.05, 3.63) is 85.2 Å². The third kappa shape index (κ3) is 2.77. The Hall–Kier alpha value is -3.03. The molecule has 144 valence electrons. The molecule has 0 saturated heterocycles. The van der Waals surface area contributed by atoms with Crippen LogP contribution in [0.2, 0.25) is 5.02 Å². The molecule has 3 heterocycles. The maximum Gasteiger partial charge on any atom is 0.297 e. The zero-order valence-corrected chi connectivity index (χ0v) is 17.0. The lowest BCUT2D eigenvalue weighted by molar-refractivity contribution is 0.0970. The summed E-state index contributed by atoms with van der Waals surface area (Å²) in [5, 5.41) is 10.3. The summed E-state index contributed by atoms with van der Waals surface area (Å²) in [6.45, 7) is 3.72. The minimum atomic E-state index is -0.664.